The summed E-state index contributed by atoms with van der Waals surface area (Å²) in [5, 5.41) is 2.78. The molecule has 0 fully saturated rings. The van der Waals surface area contributed by atoms with Gasteiger partial charge in [-0.2, -0.15) is 0 Å². The van der Waals surface area contributed by atoms with Gasteiger partial charge in [0, 0.05) is 11.3 Å². The Labute approximate surface area is 213 Å². The average Bonchev–Trinajstić information content (AvgIpc) is 3.18. The van der Waals surface area contributed by atoms with Crippen LogP contribution in [0.15, 0.2) is 108 Å². The number of allylic oxidation sites excluding steroid dienone is 1. The molecule has 1 amide bonds. The standard InChI is InChI=1S/C29H24N2O6/c1-18-23(26(32)35-16-19-10-4-2-5-11-19)29(21-14-8-9-15-22(21)31-28(29)34)24(25(30)37-18)27(33)36-17-20-12-6-3-7-13-20/h2-15H,16-17,30H2,1H3,(H,31,34). The van der Waals surface area contributed by atoms with E-state index >= 15 is 0 Å². The largest absolute Gasteiger partial charge is 0.457 e. The van der Waals surface area contributed by atoms with Crippen molar-refractivity contribution in [2.24, 2.45) is 5.73 Å². The van der Waals surface area contributed by atoms with E-state index < -0.39 is 23.3 Å². The first-order valence-corrected chi connectivity index (χ1v) is 11.7. The van der Waals surface area contributed by atoms with Crippen molar-refractivity contribution in [2.75, 3.05) is 5.32 Å². The maximum atomic E-state index is 13.8. The second-order valence-corrected chi connectivity index (χ2v) is 8.65. The Kier molecular flexibility index (Phi) is 6.23. The molecular weight excluding hydrogens is 472 g/mol. The van der Waals surface area contributed by atoms with Gasteiger partial charge in [0.25, 0.3) is 0 Å². The Morgan fingerprint density at radius 3 is 1.92 bits per heavy atom. The molecule has 1 unspecified atom stereocenters. The molecule has 2 aliphatic heterocycles. The number of hydrogen-bond acceptors (Lipinski definition) is 7. The van der Waals surface area contributed by atoms with Crippen LogP contribution in [0.1, 0.15) is 23.6 Å². The summed E-state index contributed by atoms with van der Waals surface area (Å²) < 4.78 is 16.8. The molecule has 2 heterocycles. The van der Waals surface area contributed by atoms with E-state index in [0.717, 1.165) is 11.1 Å². The number of hydrogen-bond donors (Lipinski definition) is 2. The number of esters is 2. The molecular formula is C29H24N2O6. The van der Waals surface area contributed by atoms with Crippen LogP contribution in [0, 0.1) is 0 Å². The van der Waals surface area contributed by atoms with Gasteiger partial charge < -0.3 is 25.3 Å². The third kappa shape index (κ3) is 4.12. The minimum atomic E-state index is -1.91. The number of ether oxygens (including phenoxy) is 3. The molecule has 1 spiro atoms. The molecule has 1 atom stereocenters. The Morgan fingerprint density at radius 2 is 1.32 bits per heavy atom. The van der Waals surface area contributed by atoms with Crippen LogP contribution in [-0.4, -0.2) is 17.8 Å². The zero-order valence-electron chi connectivity index (χ0n) is 20.0. The van der Waals surface area contributed by atoms with Crippen LogP contribution in [0.5, 0.6) is 0 Å². The molecule has 8 nitrogen and oxygen atoms in total. The summed E-state index contributed by atoms with van der Waals surface area (Å²) >= 11 is 0. The number of rotatable bonds is 6. The summed E-state index contributed by atoms with van der Waals surface area (Å²) in [5.41, 5.74) is 6.23. The first kappa shape index (κ1) is 23.9. The van der Waals surface area contributed by atoms with Crippen LogP contribution >= 0.6 is 0 Å². The summed E-state index contributed by atoms with van der Waals surface area (Å²) in [4.78, 5) is 40.9. The van der Waals surface area contributed by atoms with Gasteiger partial charge in [-0.1, -0.05) is 78.9 Å². The number of carbonyl (C=O) groups is 3. The number of carbonyl (C=O) groups excluding carboxylic acids is 3. The molecule has 0 saturated carbocycles. The number of para-hydroxylation sites is 1. The molecule has 37 heavy (non-hydrogen) atoms. The van der Waals surface area contributed by atoms with Crippen LogP contribution in [0.4, 0.5) is 5.69 Å². The van der Waals surface area contributed by atoms with E-state index in [1.165, 1.54) is 6.92 Å². The summed E-state index contributed by atoms with van der Waals surface area (Å²) in [6, 6.07) is 25.0. The number of fused-ring (bicyclic) bond motifs is 2. The number of amides is 1. The molecule has 0 bridgehead atoms. The molecule has 3 N–H and O–H groups in total. The minimum absolute atomic E-state index is 0.0389. The molecule has 8 heteroatoms. The highest BCUT2D eigenvalue weighted by Crippen LogP contribution is 2.52. The number of anilines is 1. The van der Waals surface area contributed by atoms with Crippen molar-refractivity contribution >= 4 is 23.5 Å². The second kappa shape index (κ2) is 9.66. The maximum absolute atomic E-state index is 13.8. The Balaban J connectivity index is 1.58. The first-order valence-electron chi connectivity index (χ1n) is 11.7. The van der Waals surface area contributed by atoms with Crippen molar-refractivity contribution < 1.29 is 28.6 Å². The Morgan fingerprint density at radius 1 is 0.811 bits per heavy atom. The molecule has 0 aromatic heterocycles. The highest BCUT2D eigenvalue weighted by Gasteiger charge is 2.61. The lowest BCUT2D eigenvalue weighted by molar-refractivity contribution is -0.144. The van der Waals surface area contributed by atoms with Gasteiger partial charge in [-0.15, -0.1) is 0 Å². The lowest BCUT2D eigenvalue weighted by atomic mass is 9.67. The predicted molar refractivity (Wildman–Crippen MR) is 134 cm³/mol. The van der Waals surface area contributed by atoms with E-state index in [1.807, 2.05) is 48.5 Å². The van der Waals surface area contributed by atoms with Crippen LogP contribution in [-0.2, 0) is 47.2 Å². The molecule has 3 aromatic rings. The fourth-order valence-electron chi connectivity index (χ4n) is 4.74. The average molecular weight is 497 g/mol. The second-order valence-electron chi connectivity index (χ2n) is 8.65. The van der Waals surface area contributed by atoms with Crippen molar-refractivity contribution in [3.05, 3.63) is 124 Å². The van der Waals surface area contributed by atoms with Crippen LogP contribution in [0.2, 0.25) is 0 Å². The quantitative estimate of drug-likeness (QED) is 0.498. The first-order chi connectivity index (χ1) is 17.9. The van der Waals surface area contributed by atoms with Gasteiger partial charge in [0.05, 0.1) is 0 Å². The smallest absolute Gasteiger partial charge is 0.341 e. The minimum Gasteiger partial charge on any atom is -0.457 e. The lowest BCUT2D eigenvalue weighted by Gasteiger charge is -2.35. The summed E-state index contributed by atoms with van der Waals surface area (Å²) in [6.07, 6.45) is 0. The van der Waals surface area contributed by atoms with Crippen molar-refractivity contribution in [1.29, 1.82) is 0 Å². The van der Waals surface area contributed by atoms with Gasteiger partial charge in [-0.05, 0) is 24.1 Å². The van der Waals surface area contributed by atoms with Crippen LogP contribution < -0.4 is 11.1 Å². The summed E-state index contributed by atoms with van der Waals surface area (Å²) in [7, 11) is 0. The SMILES string of the molecule is CC1=C(C(=O)OCc2ccccc2)C2(C(=O)Nc3ccccc32)C(C(=O)OCc2ccccc2)=C(N)O1. The van der Waals surface area contributed by atoms with Gasteiger partial charge in [0.2, 0.25) is 11.8 Å². The molecule has 186 valence electrons. The number of benzene rings is 3. The van der Waals surface area contributed by atoms with E-state index in [0.29, 0.717) is 11.3 Å². The van der Waals surface area contributed by atoms with Gasteiger partial charge in [0.1, 0.15) is 35.5 Å². The highest BCUT2D eigenvalue weighted by molar-refractivity contribution is 6.21. The monoisotopic (exact) mass is 496 g/mol. The summed E-state index contributed by atoms with van der Waals surface area (Å²) in [6.45, 7) is 1.41. The molecule has 3 aromatic carbocycles. The lowest BCUT2D eigenvalue weighted by Crippen LogP contribution is -2.48. The van der Waals surface area contributed by atoms with E-state index in [1.54, 1.807) is 36.4 Å². The highest BCUT2D eigenvalue weighted by atomic mass is 16.5. The van der Waals surface area contributed by atoms with E-state index in [2.05, 4.69) is 5.32 Å². The predicted octanol–water partition coefficient (Wildman–Crippen LogP) is 3.84. The summed E-state index contributed by atoms with van der Waals surface area (Å²) in [5.74, 6) is -2.58. The van der Waals surface area contributed by atoms with E-state index in [9.17, 15) is 14.4 Å². The zero-order chi connectivity index (χ0) is 26.0. The third-order valence-corrected chi connectivity index (χ3v) is 6.37. The fraction of sp³-hybridized carbons (Fsp3) is 0.138. The Bertz CT molecular complexity index is 1370. The molecule has 0 saturated heterocycles. The number of nitrogens with two attached hydrogens (primary N) is 1. The third-order valence-electron chi connectivity index (χ3n) is 6.37. The molecule has 0 aliphatic carbocycles. The van der Waals surface area contributed by atoms with Crippen molar-refractivity contribution in [3.63, 3.8) is 0 Å². The van der Waals surface area contributed by atoms with Gasteiger partial charge >= 0.3 is 11.9 Å². The van der Waals surface area contributed by atoms with Crippen molar-refractivity contribution in [2.45, 2.75) is 25.6 Å². The Hall–Kier alpha value is -4.85. The normalized spacial score (nSPS) is 18.2. The molecule has 0 radical (unpaired) electrons. The van der Waals surface area contributed by atoms with Crippen LogP contribution in [0.3, 0.4) is 0 Å². The number of nitrogens with one attached hydrogen (secondary N) is 1. The zero-order valence-corrected chi connectivity index (χ0v) is 20.0. The van der Waals surface area contributed by atoms with Gasteiger partial charge in [0.15, 0.2) is 0 Å². The maximum Gasteiger partial charge on any atom is 0.341 e. The van der Waals surface area contributed by atoms with Gasteiger partial charge in [-0.3, -0.25) is 4.79 Å². The van der Waals surface area contributed by atoms with Gasteiger partial charge in [-0.25, -0.2) is 9.59 Å². The van der Waals surface area contributed by atoms with Crippen molar-refractivity contribution in [3.8, 4) is 0 Å². The van der Waals surface area contributed by atoms with Crippen molar-refractivity contribution in [1.82, 2.24) is 0 Å². The fourth-order valence-corrected chi connectivity index (χ4v) is 4.74. The topological polar surface area (TPSA) is 117 Å². The molecule has 2 aliphatic rings. The van der Waals surface area contributed by atoms with E-state index in [4.69, 9.17) is 19.9 Å². The molecule has 5 rings (SSSR count). The van der Waals surface area contributed by atoms with E-state index in [-0.39, 0.29) is 36.0 Å². The van der Waals surface area contributed by atoms with Crippen LogP contribution in [0.25, 0.3) is 0 Å².